The van der Waals surface area contributed by atoms with E-state index in [0.717, 1.165) is 54.7 Å². The number of nitrogens with two attached hydrogens (primary N) is 1. The minimum absolute atomic E-state index is 0.0310. The topological polar surface area (TPSA) is 96.3 Å². The third-order valence-electron chi connectivity index (χ3n) is 8.02. The molecule has 8 heteroatoms. The smallest absolute Gasteiger partial charge is 0.273 e. The lowest BCUT2D eigenvalue weighted by molar-refractivity contribution is 0.283. The number of nitrogens with one attached hydrogen (secondary N) is 1. The number of benzene rings is 1. The highest BCUT2D eigenvalue weighted by atomic mass is 16.5. The van der Waals surface area contributed by atoms with Gasteiger partial charge in [-0.3, -0.25) is 9.48 Å². The predicted molar refractivity (Wildman–Crippen MR) is 149 cm³/mol. The molecular weight excluding hydrogens is 466 g/mol. The van der Waals surface area contributed by atoms with Crippen molar-refractivity contribution in [1.29, 1.82) is 0 Å². The van der Waals surface area contributed by atoms with Crippen molar-refractivity contribution in [2.75, 3.05) is 26.1 Å². The molecule has 1 unspecified atom stereocenters. The molecule has 0 amide bonds. The Labute approximate surface area is 219 Å². The molecule has 4 rings (SSSR count). The van der Waals surface area contributed by atoms with Gasteiger partial charge in [0.2, 0.25) is 0 Å². The van der Waals surface area contributed by atoms with Crippen molar-refractivity contribution in [1.82, 2.24) is 14.3 Å². The van der Waals surface area contributed by atoms with Crippen LogP contribution in [0.5, 0.6) is 11.5 Å². The summed E-state index contributed by atoms with van der Waals surface area (Å²) in [4.78, 5) is 13.5. The van der Waals surface area contributed by atoms with E-state index in [-0.39, 0.29) is 17.0 Å². The number of hydrogen-bond donors (Lipinski definition) is 2. The van der Waals surface area contributed by atoms with Crippen molar-refractivity contribution in [3.05, 3.63) is 58.8 Å². The Morgan fingerprint density at radius 2 is 1.86 bits per heavy atom. The molecule has 0 aliphatic heterocycles. The number of ether oxygens (including phenoxy) is 2. The first-order chi connectivity index (χ1) is 17.8. The number of pyridine rings is 1. The quantitative estimate of drug-likeness (QED) is 0.418. The van der Waals surface area contributed by atoms with E-state index in [1.54, 1.807) is 18.9 Å². The molecule has 0 spiro atoms. The first-order valence-corrected chi connectivity index (χ1v) is 13.2. The lowest BCUT2D eigenvalue weighted by Gasteiger charge is -2.40. The number of aromatic nitrogens is 3. The molecular formula is C29H41N5O3. The molecule has 1 atom stereocenters. The molecule has 2 heterocycles. The Kier molecular flexibility index (Phi) is 8.27. The van der Waals surface area contributed by atoms with Crippen molar-refractivity contribution < 1.29 is 9.47 Å². The SMILES string of the molecule is CCC(C)Cn1cc(-c2cnn(C)c2)cc(NC2CCC(CN)(c3ccc(OC)c(OC)c3)CC2)c1=O. The third kappa shape index (κ3) is 5.69. The number of aryl methyl sites for hydroxylation is 1. The van der Waals surface area contributed by atoms with E-state index in [1.807, 2.05) is 42.3 Å². The number of rotatable bonds is 10. The minimum Gasteiger partial charge on any atom is -0.493 e. The zero-order chi connectivity index (χ0) is 26.6. The monoisotopic (exact) mass is 507 g/mol. The van der Waals surface area contributed by atoms with E-state index in [2.05, 4.69) is 36.4 Å². The van der Waals surface area contributed by atoms with E-state index in [4.69, 9.17) is 15.2 Å². The van der Waals surface area contributed by atoms with Gasteiger partial charge >= 0.3 is 0 Å². The standard InChI is InChI=1S/C29H41N5O3/c1-6-20(2)16-34-18-21(22-15-31-33(3)17-22)13-25(28(34)35)32-24-9-11-29(19-30,12-10-24)23-7-8-26(36-4)27(14-23)37-5/h7-8,13-15,17-18,20,24,32H,6,9-12,16,19,30H2,1-5H3. The minimum atomic E-state index is -0.119. The predicted octanol–water partition coefficient (Wildman–Crippen LogP) is 4.56. The van der Waals surface area contributed by atoms with Crippen LogP contribution in [0, 0.1) is 5.92 Å². The van der Waals surface area contributed by atoms with Gasteiger partial charge in [0.15, 0.2) is 11.5 Å². The van der Waals surface area contributed by atoms with E-state index in [9.17, 15) is 4.79 Å². The zero-order valence-electron chi connectivity index (χ0n) is 22.8. The fraction of sp³-hybridized carbons (Fsp3) is 0.517. The van der Waals surface area contributed by atoms with Crippen LogP contribution < -0.4 is 26.1 Å². The van der Waals surface area contributed by atoms with Gasteiger partial charge in [-0.1, -0.05) is 26.3 Å². The molecule has 0 radical (unpaired) electrons. The number of anilines is 1. The summed E-state index contributed by atoms with van der Waals surface area (Å²) in [6.07, 6.45) is 10.5. The molecule has 1 aliphatic carbocycles. The molecule has 2 aromatic heterocycles. The average Bonchev–Trinajstić information content (AvgIpc) is 3.37. The van der Waals surface area contributed by atoms with Gasteiger partial charge in [-0.2, -0.15) is 5.10 Å². The van der Waals surface area contributed by atoms with Crippen LogP contribution in [0.4, 0.5) is 5.69 Å². The summed E-state index contributed by atoms with van der Waals surface area (Å²) >= 11 is 0. The molecule has 37 heavy (non-hydrogen) atoms. The van der Waals surface area contributed by atoms with Crippen molar-refractivity contribution in [2.24, 2.45) is 18.7 Å². The number of hydrogen-bond acceptors (Lipinski definition) is 6. The normalized spacial score (nSPS) is 20.4. The Hall–Kier alpha value is -3.26. The summed E-state index contributed by atoms with van der Waals surface area (Å²) in [6.45, 7) is 5.59. The maximum Gasteiger partial charge on any atom is 0.273 e. The fourth-order valence-electron chi connectivity index (χ4n) is 5.38. The molecule has 1 fully saturated rings. The summed E-state index contributed by atoms with van der Waals surface area (Å²) in [5, 5.41) is 7.93. The van der Waals surface area contributed by atoms with Crippen LogP contribution in [0.15, 0.2) is 47.7 Å². The van der Waals surface area contributed by atoms with Crippen molar-refractivity contribution in [3.63, 3.8) is 0 Å². The van der Waals surface area contributed by atoms with E-state index in [1.165, 1.54) is 5.56 Å². The van der Waals surface area contributed by atoms with Crippen molar-refractivity contribution in [2.45, 2.75) is 64.0 Å². The Morgan fingerprint density at radius 3 is 2.46 bits per heavy atom. The lowest BCUT2D eigenvalue weighted by Crippen LogP contribution is -2.42. The maximum absolute atomic E-state index is 13.5. The summed E-state index contributed by atoms with van der Waals surface area (Å²) < 4.78 is 14.6. The lowest BCUT2D eigenvalue weighted by atomic mass is 9.68. The van der Waals surface area contributed by atoms with Gasteiger partial charge in [0, 0.05) is 55.1 Å². The molecule has 1 aromatic carbocycles. The highest BCUT2D eigenvalue weighted by molar-refractivity contribution is 5.65. The third-order valence-corrected chi connectivity index (χ3v) is 8.02. The maximum atomic E-state index is 13.5. The van der Waals surface area contributed by atoms with Crippen LogP contribution >= 0.6 is 0 Å². The molecule has 0 saturated heterocycles. The Morgan fingerprint density at radius 1 is 1.14 bits per heavy atom. The van der Waals surface area contributed by atoms with Crippen LogP contribution in [0.25, 0.3) is 11.1 Å². The first kappa shape index (κ1) is 26.8. The van der Waals surface area contributed by atoms with Crippen molar-refractivity contribution in [3.8, 4) is 22.6 Å². The van der Waals surface area contributed by atoms with Crippen LogP contribution in [0.1, 0.15) is 51.5 Å². The van der Waals surface area contributed by atoms with Crippen LogP contribution in [0.2, 0.25) is 0 Å². The molecule has 200 valence electrons. The summed E-state index contributed by atoms with van der Waals surface area (Å²) in [5.41, 5.74) is 10.1. The molecule has 1 aliphatic rings. The molecule has 3 aromatic rings. The summed E-state index contributed by atoms with van der Waals surface area (Å²) in [5.74, 6) is 1.86. The van der Waals surface area contributed by atoms with Gasteiger partial charge < -0.3 is 25.1 Å². The van der Waals surface area contributed by atoms with Crippen LogP contribution in [-0.4, -0.2) is 41.2 Å². The molecule has 0 bridgehead atoms. The largest absolute Gasteiger partial charge is 0.493 e. The number of nitrogens with zero attached hydrogens (tertiary/aromatic N) is 3. The van der Waals surface area contributed by atoms with Gasteiger partial charge in [0.05, 0.1) is 20.4 Å². The Bertz CT molecular complexity index is 1260. The molecule has 8 nitrogen and oxygen atoms in total. The van der Waals surface area contributed by atoms with Gasteiger partial charge in [0.1, 0.15) is 5.69 Å². The average molecular weight is 508 g/mol. The fourth-order valence-corrected chi connectivity index (χ4v) is 5.38. The first-order valence-electron chi connectivity index (χ1n) is 13.2. The molecule has 3 N–H and O–H groups in total. The highest BCUT2D eigenvalue weighted by Gasteiger charge is 2.36. The second-order valence-corrected chi connectivity index (χ2v) is 10.5. The Balaban J connectivity index is 1.57. The summed E-state index contributed by atoms with van der Waals surface area (Å²) in [6, 6.07) is 8.30. The second-order valence-electron chi connectivity index (χ2n) is 10.5. The van der Waals surface area contributed by atoms with E-state index in [0.29, 0.717) is 24.7 Å². The van der Waals surface area contributed by atoms with Crippen molar-refractivity contribution >= 4 is 5.69 Å². The second kappa shape index (κ2) is 11.4. The van der Waals surface area contributed by atoms with E-state index >= 15 is 0 Å². The van der Waals surface area contributed by atoms with Gasteiger partial charge in [-0.25, -0.2) is 0 Å². The van der Waals surface area contributed by atoms with Gasteiger partial charge in [0.25, 0.3) is 5.56 Å². The molecule has 1 saturated carbocycles. The number of methoxy groups -OCH3 is 2. The van der Waals surface area contributed by atoms with Crippen LogP contribution in [0.3, 0.4) is 0 Å². The zero-order valence-corrected chi connectivity index (χ0v) is 22.8. The highest BCUT2D eigenvalue weighted by Crippen LogP contribution is 2.42. The van der Waals surface area contributed by atoms with Gasteiger partial charge in [-0.05, 0) is 55.4 Å². The summed E-state index contributed by atoms with van der Waals surface area (Å²) in [7, 11) is 5.21. The van der Waals surface area contributed by atoms with Crippen LogP contribution in [-0.2, 0) is 19.0 Å². The van der Waals surface area contributed by atoms with Gasteiger partial charge in [-0.15, -0.1) is 0 Å². The van der Waals surface area contributed by atoms with E-state index < -0.39 is 0 Å².